The molecule has 0 aliphatic rings. The van der Waals surface area contributed by atoms with Crippen molar-refractivity contribution in [3.8, 4) is 45.3 Å². The molecule has 0 saturated carbocycles. The van der Waals surface area contributed by atoms with E-state index in [9.17, 15) is 0 Å². The number of furan rings is 1. The Morgan fingerprint density at radius 2 is 1.00 bits per heavy atom. The van der Waals surface area contributed by atoms with Gasteiger partial charge in [0.25, 0.3) is 0 Å². The Morgan fingerprint density at radius 1 is 0.378 bits per heavy atom. The zero-order chi connectivity index (χ0) is 29.5. The van der Waals surface area contributed by atoms with E-state index in [1.807, 2.05) is 36.4 Å². The lowest BCUT2D eigenvalue weighted by Crippen LogP contribution is -2.00. The van der Waals surface area contributed by atoms with Crippen molar-refractivity contribution in [1.82, 2.24) is 15.0 Å². The zero-order valence-corrected chi connectivity index (χ0v) is 24.0. The molecule has 0 spiro atoms. The van der Waals surface area contributed by atoms with E-state index in [4.69, 9.17) is 19.4 Å². The second kappa shape index (κ2) is 9.18. The first kappa shape index (κ1) is 24.3. The van der Waals surface area contributed by atoms with Crippen molar-refractivity contribution >= 4 is 54.3 Å². The molecule has 208 valence electrons. The number of nitrogens with zero attached hydrogens (tertiary/aromatic N) is 3. The molecular weight excluding hydrogens is 550 g/mol. The molecule has 0 bridgehead atoms. The molecule has 0 atom stereocenters. The lowest BCUT2D eigenvalue weighted by Gasteiger charge is -2.13. The summed E-state index contributed by atoms with van der Waals surface area (Å²) in [5.74, 6) is 1.83. The fourth-order valence-corrected chi connectivity index (χ4v) is 6.99. The Labute approximate surface area is 257 Å². The predicted molar refractivity (Wildman–Crippen MR) is 184 cm³/mol. The van der Waals surface area contributed by atoms with Gasteiger partial charge in [-0.2, -0.15) is 0 Å². The highest BCUT2D eigenvalue weighted by Gasteiger charge is 2.24. The molecule has 2 aromatic heterocycles. The summed E-state index contributed by atoms with van der Waals surface area (Å²) in [5, 5.41) is 9.69. The Bertz CT molecular complexity index is 2690. The van der Waals surface area contributed by atoms with E-state index in [2.05, 4.69) is 103 Å². The second-order valence-corrected chi connectivity index (χ2v) is 11.6. The van der Waals surface area contributed by atoms with E-state index in [1.165, 1.54) is 32.3 Å². The topological polar surface area (TPSA) is 51.8 Å². The Kier molecular flexibility index (Phi) is 4.96. The molecule has 0 saturated heterocycles. The molecule has 4 nitrogen and oxygen atoms in total. The molecule has 8 aromatic carbocycles. The molecule has 0 radical (unpaired) electrons. The zero-order valence-electron chi connectivity index (χ0n) is 24.0. The summed E-state index contributed by atoms with van der Waals surface area (Å²) in [6.07, 6.45) is 0. The Balaban J connectivity index is 1.26. The lowest BCUT2D eigenvalue weighted by atomic mass is 9.89. The number of hydrogen-bond acceptors (Lipinski definition) is 4. The smallest absolute Gasteiger partial charge is 0.167 e. The normalized spacial score (nSPS) is 12.0. The van der Waals surface area contributed by atoms with Crippen LogP contribution in [0.3, 0.4) is 0 Å². The van der Waals surface area contributed by atoms with Gasteiger partial charge in [-0.15, -0.1) is 0 Å². The van der Waals surface area contributed by atoms with Gasteiger partial charge in [0.2, 0.25) is 0 Å². The maximum atomic E-state index is 6.73. The predicted octanol–water partition coefficient (Wildman–Crippen LogP) is 10.8. The molecule has 10 aromatic rings. The summed E-state index contributed by atoms with van der Waals surface area (Å²) in [5.41, 5.74) is 6.65. The maximum absolute atomic E-state index is 6.73. The van der Waals surface area contributed by atoms with Crippen LogP contribution in [0.4, 0.5) is 0 Å². The van der Waals surface area contributed by atoms with Crippen LogP contribution in [0.2, 0.25) is 0 Å². The number of hydrogen-bond donors (Lipinski definition) is 0. The fraction of sp³-hybridized carbons (Fsp3) is 0. The van der Waals surface area contributed by atoms with E-state index in [-0.39, 0.29) is 0 Å². The maximum Gasteiger partial charge on any atom is 0.167 e. The highest BCUT2D eigenvalue weighted by atomic mass is 16.3. The minimum absolute atomic E-state index is 0.586. The molecule has 0 unspecified atom stereocenters. The molecular formula is C41H23N3O. The number of benzene rings is 8. The summed E-state index contributed by atoms with van der Waals surface area (Å²) in [4.78, 5) is 15.2. The number of rotatable bonds is 4. The molecule has 0 N–H and O–H groups in total. The van der Waals surface area contributed by atoms with Crippen LogP contribution in [0.5, 0.6) is 0 Å². The standard InChI is InChI=1S/C41H23N3O/c1-3-9-24(10-4-1)28-14-7-15-29(23-28)40-42-39(27-11-5-2-6-12-27)43-41(44-40)32-21-20-31-30-16-8-13-25-17-18-26-19-22-33-37(35(26)34(25)30)36(31)38(32)45-33/h1-23H. The van der Waals surface area contributed by atoms with Crippen LogP contribution >= 0.6 is 0 Å². The van der Waals surface area contributed by atoms with Gasteiger partial charge in [0.05, 0.1) is 5.56 Å². The van der Waals surface area contributed by atoms with Crippen molar-refractivity contribution in [2.75, 3.05) is 0 Å². The summed E-state index contributed by atoms with van der Waals surface area (Å²) < 4.78 is 6.73. The van der Waals surface area contributed by atoms with Gasteiger partial charge in [0.15, 0.2) is 17.5 Å². The molecule has 0 aliphatic heterocycles. The van der Waals surface area contributed by atoms with Crippen LogP contribution in [0.15, 0.2) is 144 Å². The largest absolute Gasteiger partial charge is 0.455 e. The monoisotopic (exact) mass is 573 g/mol. The van der Waals surface area contributed by atoms with Crippen LogP contribution in [0.25, 0.3) is 99.5 Å². The third-order valence-corrected chi connectivity index (χ3v) is 9.03. The van der Waals surface area contributed by atoms with Crippen LogP contribution in [-0.2, 0) is 0 Å². The molecule has 4 heteroatoms. The van der Waals surface area contributed by atoms with Gasteiger partial charge in [-0.25, -0.2) is 15.0 Å². The van der Waals surface area contributed by atoms with Crippen molar-refractivity contribution in [2.45, 2.75) is 0 Å². The van der Waals surface area contributed by atoms with Crippen LogP contribution in [0.1, 0.15) is 0 Å². The third kappa shape index (κ3) is 3.57. The first-order valence-electron chi connectivity index (χ1n) is 15.1. The van der Waals surface area contributed by atoms with Gasteiger partial charge in [-0.3, -0.25) is 0 Å². The van der Waals surface area contributed by atoms with Gasteiger partial charge >= 0.3 is 0 Å². The summed E-state index contributed by atoms with van der Waals surface area (Å²) in [7, 11) is 0. The van der Waals surface area contributed by atoms with E-state index >= 15 is 0 Å². The lowest BCUT2D eigenvalue weighted by molar-refractivity contribution is 0.670. The highest BCUT2D eigenvalue weighted by molar-refractivity contribution is 6.39. The summed E-state index contributed by atoms with van der Waals surface area (Å²) in [6, 6.07) is 48.4. The van der Waals surface area contributed by atoms with Crippen molar-refractivity contribution in [2.24, 2.45) is 0 Å². The van der Waals surface area contributed by atoms with Gasteiger partial charge in [0, 0.05) is 27.3 Å². The van der Waals surface area contributed by atoms with E-state index in [0.717, 1.165) is 49.8 Å². The Hall–Kier alpha value is -6.13. The first-order valence-corrected chi connectivity index (χ1v) is 15.1. The summed E-state index contributed by atoms with van der Waals surface area (Å²) in [6.45, 7) is 0. The van der Waals surface area contributed by atoms with Gasteiger partial charge in [-0.1, -0.05) is 121 Å². The van der Waals surface area contributed by atoms with Gasteiger partial charge < -0.3 is 4.42 Å². The second-order valence-electron chi connectivity index (χ2n) is 11.6. The van der Waals surface area contributed by atoms with Crippen molar-refractivity contribution in [3.63, 3.8) is 0 Å². The average molecular weight is 574 g/mol. The average Bonchev–Trinajstić information content (AvgIpc) is 3.52. The van der Waals surface area contributed by atoms with Crippen LogP contribution < -0.4 is 0 Å². The van der Waals surface area contributed by atoms with E-state index in [0.29, 0.717) is 17.5 Å². The number of aromatic nitrogens is 3. The molecule has 0 fully saturated rings. The number of fused-ring (bicyclic) bond motifs is 1. The molecule has 45 heavy (non-hydrogen) atoms. The van der Waals surface area contributed by atoms with Crippen LogP contribution in [0, 0.1) is 0 Å². The van der Waals surface area contributed by atoms with Gasteiger partial charge in [-0.05, 0) is 56.3 Å². The highest BCUT2D eigenvalue weighted by Crippen LogP contribution is 2.48. The molecule has 0 amide bonds. The first-order chi connectivity index (χ1) is 22.3. The van der Waals surface area contributed by atoms with Crippen molar-refractivity contribution in [3.05, 3.63) is 140 Å². The van der Waals surface area contributed by atoms with Gasteiger partial charge in [0.1, 0.15) is 11.2 Å². The minimum Gasteiger partial charge on any atom is -0.455 e. The van der Waals surface area contributed by atoms with Crippen molar-refractivity contribution < 1.29 is 4.42 Å². The Morgan fingerprint density at radius 3 is 1.82 bits per heavy atom. The summed E-state index contributed by atoms with van der Waals surface area (Å²) >= 11 is 0. The fourth-order valence-electron chi connectivity index (χ4n) is 6.99. The minimum atomic E-state index is 0.586. The van der Waals surface area contributed by atoms with Crippen molar-refractivity contribution in [1.29, 1.82) is 0 Å². The van der Waals surface area contributed by atoms with Crippen LogP contribution in [-0.4, -0.2) is 15.0 Å². The van der Waals surface area contributed by atoms with E-state index in [1.54, 1.807) is 0 Å². The SMILES string of the molecule is c1ccc(-c2cccc(-c3nc(-c4ccccc4)nc(-c4ccc5c6cccc7ccc8ccc9oc4c5c9c8c76)n3)c2)cc1. The molecule has 10 rings (SSSR count). The van der Waals surface area contributed by atoms with E-state index < -0.39 is 0 Å². The third-order valence-electron chi connectivity index (χ3n) is 9.03. The molecule has 0 aliphatic carbocycles. The quantitative estimate of drug-likeness (QED) is 0.155. The molecule has 2 heterocycles.